The molecule has 0 aromatic heterocycles. The number of hydrogen-bond donors (Lipinski definition) is 1. The number of methoxy groups -OCH3 is 1. The molecule has 3 rings (SSSR count). The van der Waals surface area contributed by atoms with Crippen LogP contribution in [-0.2, 0) is 22.7 Å². The number of para-hydroxylation sites is 1. The molecule has 0 bridgehead atoms. The second-order valence-electron chi connectivity index (χ2n) is 6.30. The number of amides is 2. The fourth-order valence-electron chi connectivity index (χ4n) is 3.11. The van der Waals surface area contributed by atoms with E-state index in [2.05, 4.69) is 5.32 Å². The normalized spacial score (nSPS) is 16.6. The molecular weight excluding hydrogens is 335 g/mol. The van der Waals surface area contributed by atoms with Gasteiger partial charge in [0.1, 0.15) is 11.6 Å². The van der Waals surface area contributed by atoms with Gasteiger partial charge in [-0.3, -0.25) is 9.59 Å². The molecule has 2 aromatic carbocycles. The van der Waals surface area contributed by atoms with Gasteiger partial charge in [0.25, 0.3) is 0 Å². The standard InChI is InChI=1S/C20H21FN2O3/c1-26-18-9-5-3-6-14(18)11-22-20(25)16-10-19(24)23(13-16)12-15-7-2-4-8-17(15)21/h2-9,16H,10-13H2,1H3,(H,22,25). The Bertz CT molecular complexity index is 809. The van der Waals surface area contributed by atoms with Gasteiger partial charge in [0.15, 0.2) is 0 Å². The zero-order valence-corrected chi connectivity index (χ0v) is 14.6. The van der Waals surface area contributed by atoms with Crippen LogP contribution in [-0.4, -0.2) is 30.4 Å². The summed E-state index contributed by atoms with van der Waals surface area (Å²) in [6.07, 6.45) is 0.145. The third kappa shape index (κ3) is 4.02. The minimum Gasteiger partial charge on any atom is -0.496 e. The lowest BCUT2D eigenvalue weighted by atomic mass is 10.1. The lowest BCUT2D eigenvalue weighted by Gasteiger charge is -2.17. The highest BCUT2D eigenvalue weighted by atomic mass is 19.1. The molecule has 1 atom stereocenters. The van der Waals surface area contributed by atoms with Crippen LogP contribution in [0, 0.1) is 11.7 Å². The van der Waals surface area contributed by atoms with E-state index in [0.717, 1.165) is 5.56 Å². The highest BCUT2D eigenvalue weighted by Gasteiger charge is 2.34. The Balaban J connectivity index is 1.58. The second-order valence-corrected chi connectivity index (χ2v) is 6.30. The molecule has 0 saturated carbocycles. The van der Waals surface area contributed by atoms with Crippen LogP contribution in [0.3, 0.4) is 0 Å². The van der Waals surface area contributed by atoms with E-state index >= 15 is 0 Å². The minimum atomic E-state index is -0.427. The van der Waals surface area contributed by atoms with Gasteiger partial charge in [-0.25, -0.2) is 4.39 Å². The van der Waals surface area contributed by atoms with Gasteiger partial charge in [0, 0.05) is 37.2 Å². The molecule has 2 aromatic rings. The molecule has 1 fully saturated rings. The molecule has 2 amide bonds. The predicted octanol–water partition coefficient (Wildman–Crippen LogP) is 2.50. The van der Waals surface area contributed by atoms with Gasteiger partial charge in [-0.05, 0) is 12.1 Å². The molecule has 1 heterocycles. The molecule has 0 radical (unpaired) electrons. The summed E-state index contributed by atoms with van der Waals surface area (Å²) in [7, 11) is 1.58. The number of rotatable bonds is 6. The van der Waals surface area contributed by atoms with E-state index in [9.17, 15) is 14.0 Å². The Hall–Kier alpha value is -2.89. The first-order valence-electron chi connectivity index (χ1n) is 8.49. The second kappa shape index (κ2) is 7.99. The number of carbonyl (C=O) groups is 2. The molecular formula is C20H21FN2O3. The van der Waals surface area contributed by atoms with E-state index in [1.54, 1.807) is 25.3 Å². The zero-order chi connectivity index (χ0) is 18.5. The summed E-state index contributed by atoms with van der Waals surface area (Å²) in [5.41, 5.74) is 1.33. The molecule has 0 spiro atoms. The van der Waals surface area contributed by atoms with Crippen molar-refractivity contribution in [3.63, 3.8) is 0 Å². The maximum absolute atomic E-state index is 13.8. The molecule has 1 saturated heterocycles. The Morgan fingerprint density at radius 1 is 1.19 bits per heavy atom. The van der Waals surface area contributed by atoms with Crippen molar-refractivity contribution in [2.45, 2.75) is 19.5 Å². The maximum Gasteiger partial charge on any atom is 0.225 e. The fraction of sp³-hybridized carbons (Fsp3) is 0.300. The van der Waals surface area contributed by atoms with Crippen molar-refractivity contribution < 1.29 is 18.7 Å². The van der Waals surface area contributed by atoms with Gasteiger partial charge in [0.2, 0.25) is 11.8 Å². The first-order chi connectivity index (χ1) is 12.6. The zero-order valence-electron chi connectivity index (χ0n) is 14.6. The van der Waals surface area contributed by atoms with Gasteiger partial charge < -0.3 is 15.0 Å². The van der Waals surface area contributed by atoms with Crippen LogP contribution >= 0.6 is 0 Å². The number of likely N-dealkylation sites (tertiary alicyclic amines) is 1. The third-order valence-corrected chi connectivity index (χ3v) is 4.55. The van der Waals surface area contributed by atoms with Crippen molar-refractivity contribution in [3.8, 4) is 5.75 Å². The largest absolute Gasteiger partial charge is 0.496 e. The topological polar surface area (TPSA) is 58.6 Å². The van der Waals surface area contributed by atoms with E-state index in [-0.39, 0.29) is 30.6 Å². The fourth-order valence-corrected chi connectivity index (χ4v) is 3.11. The van der Waals surface area contributed by atoms with Gasteiger partial charge in [0.05, 0.1) is 13.0 Å². The molecule has 1 aliphatic rings. The molecule has 1 aliphatic heterocycles. The Kier molecular flexibility index (Phi) is 5.51. The molecule has 1 unspecified atom stereocenters. The lowest BCUT2D eigenvalue weighted by molar-refractivity contribution is -0.129. The molecule has 6 heteroatoms. The van der Waals surface area contributed by atoms with E-state index < -0.39 is 5.92 Å². The van der Waals surface area contributed by atoms with E-state index in [0.29, 0.717) is 24.4 Å². The SMILES string of the molecule is COc1ccccc1CNC(=O)C1CC(=O)N(Cc2ccccc2F)C1. The average Bonchev–Trinajstić information content (AvgIpc) is 3.02. The van der Waals surface area contributed by atoms with Crippen molar-refractivity contribution in [2.75, 3.05) is 13.7 Å². The molecule has 1 N–H and O–H groups in total. The van der Waals surface area contributed by atoms with E-state index in [4.69, 9.17) is 4.74 Å². The number of hydrogen-bond acceptors (Lipinski definition) is 3. The number of carbonyl (C=O) groups excluding carboxylic acids is 2. The Morgan fingerprint density at radius 2 is 1.88 bits per heavy atom. The van der Waals surface area contributed by atoms with Crippen molar-refractivity contribution >= 4 is 11.8 Å². The summed E-state index contributed by atoms with van der Waals surface area (Å²) in [6, 6.07) is 13.8. The van der Waals surface area contributed by atoms with Gasteiger partial charge >= 0.3 is 0 Å². The van der Waals surface area contributed by atoms with Crippen molar-refractivity contribution in [3.05, 3.63) is 65.5 Å². The Labute approximate surface area is 151 Å². The lowest BCUT2D eigenvalue weighted by Crippen LogP contribution is -2.32. The van der Waals surface area contributed by atoms with Crippen LogP contribution in [0.25, 0.3) is 0 Å². The van der Waals surface area contributed by atoms with Crippen LogP contribution in [0.15, 0.2) is 48.5 Å². The third-order valence-electron chi connectivity index (χ3n) is 4.55. The van der Waals surface area contributed by atoms with Crippen LogP contribution in [0.5, 0.6) is 5.75 Å². The first kappa shape index (κ1) is 17.9. The number of ether oxygens (including phenoxy) is 1. The molecule has 5 nitrogen and oxygen atoms in total. The maximum atomic E-state index is 13.8. The van der Waals surface area contributed by atoms with Crippen LogP contribution in [0.2, 0.25) is 0 Å². The summed E-state index contributed by atoms with van der Waals surface area (Å²) >= 11 is 0. The summed E-state index contributed by atoms with van der Waals surface area (Å²) in [5, 5.41) is 2.86. The number of benzene rings is 2. The number of halogens is 1. The van der Waals surface area contributed by atoms with Crippen LogP contribution < -0.4 is 10.1 Å². The van der Waals surface area contributed by atoms with Gasteiger partial charge in [-0.15, -0.1) is 0 Å². The van der Waals surface area contributed by atoms with E-state index in [1.165, 1.54) is 11.0 Å². The van der Waals surface area contributed by atoms with Gasteiger partial charge in [-0.1, -0.05) is 36.4 Å². The first-order valence-corrected chi connectivity index (χ1v) is 8.49. The van der Waals surface area contributed by atoms with Crippen LogP contribution in [0.1, 0.15) is 17.5 Å². The molecule has 0 aliphatic carbocycles. The highest BCUT2D eigenvalue weighted by molar-refractivity contribution is 5.89. The van der Waals surface area contributed by atoms with Crippen LogP contribution in [0.4, 0.5) is 4.39 Å². The summed E-state index contributed by atoms with van der Waals surface area (Å²) < 4.78 is 19.0. The van der Waals surface area contributed by atoms with Gasteiger partial charge in [-0.2, -0.15) is 0 Å². The molecule has 136 valence electrons. The predicted molar refractivity (Wildman–Crippen MR) is 94.8 cm³/mol. The average molecular weight is 356 g/mol. The Morgan fingerprint density at radius 3 is 2.62 bits per heavy atom. The smallest absolute Gasteiger partial charge is 0.225 e. The quantitative estimate of drug-likeness (QED) is 0.865. The van der Waals surface area contributed by atoms with E-state index in [1.807, 2.05) is 24.3 Å². The van der Waals surface area contributed by atoms with Crippen molar-refractivity contribution in [1.82, 2.24) is 10.2 Å². The van der Waals surface area contributed by atoms with Crippen molar-refractivity contribution in [2.24, 2.45) is 5.92 Å². The highest BCUT2D eigenvalue weighted by Crippen LogP contribution is 2.22. The minimum absolute atomic E-state index is 0.134. The summed E-state index contributed by atoms with van der Waals surface area (Å²) in [6.45, 7) is 0.813. The summed E-state index contributed by atoms with van der Waals surface area (Å²) in [5.74, 6) is -0.379. The summed E-state index contributed by atoms with van der Waals surface area (Å²) in [4.78, 5) is 26.1. The number of nitrogens with zero attached hydrogens (tertiary/aromatic N) is 1. The number of nitrogens with one attached hydrogen (secondary N) is 1. The molecule has 26 heavy (non-hydrogen) atoms. The monoisotopic (exact) mass is 356 g/mol. The van der Waals surface area contributed by atoms with Crippen molar-refractivity contribution in [1.29, 1.82) is 0 Å².